The van der Waals surface area contributed by atoms with Crippen LogP contribution in [0.4, 0.5) is 0 Å². The van der Waals surface area contributed by atoms with E-state index in [1.165, 1.54) is 74.5 Å². The van der Waals surface area contributed by atoms with E-state index < -0.39 is 0 Å². The Kier molecular flexibility index (Phi) is 8.45. The highest BCUT2D eigenvalue weighted by Crippen LogP contribution is 2.38. The Balaban J connectivity index is 1.51. The second-order valence-electron chi connectivity index (χ2n) is 8.56. The van der Waals surface area contributed by atoms with Crippen molar-refractivity contribution in [3.63, 3.8) is 0 Å². The first-order chi connectivity index (χ1) is 13.8. The van der Waals surface area contributed by atoms with Crippen molar-refractivity contribution in [1.82, 2.24) is 0 Å². The molecule has 0 amide bonds. The number of ether oxygens (including phenoxy) is 1. The minimum atomic E-state index is 0.769. The molecular weight excluding hydrogens is 340 g/mol. The summed E-state index contributed by atoms with van der Waals surface area (Å²) in [6.45, 7) is 5.35. The minimum Gasteiger partial charge on any atom is -0.494 e. The van der Waals surface area contributed by atoms with Crippen molar-refractivity contribution in [2.24, 2.45) is 5.92 Å². The van der Waals surface area contributed by atoms with Gasteiger partial charge in [-0.15, -0.1) is 0 Å². The molecule has 0 aromatic heterocycles. The summed E-state index contributed by atoms with van der Waals surface area (Å²) in [5.74, 6) is 2.74. The van der Waals surface area contributed by atoms with E-state index in [0.29, 0.717) is 0 Å². The van der Waals surface area contributed by atoms with E-state index in [-0.39, 0.29) is 0 Å². The zero-order chi connectivity index (χ0) is 19.6. The van der Waals surface area contributed by atoms with Gasteiger partial charge in [-0.05, 0) is 72.8 Å². The van der Waals surface area contributed by atoms with Crippen LogP contribution < -0.4 is 4.74 Å². The topological polar surface area (TPSA) is 9.23 Å². The lowest BCUT2D eigenvalue weighted by Gasteiger charge is -2.29. The molecule has 0 heterocycles. The van der Waals surface area contributed by atoms with E-state index >= 15 is 0 Å². The highest BCUT2D eigenvalue weighted by atomic mass is 16.5. The molecule has 28 heavy (non-hydrogen) atoms. The molecule has 152 valence electrons. The fourth-order valence-electron chi connectivity index (χ4n) is 4.51. The fourth-order valence-corrected chi connectivity index (χ4v) is 4.51. The molecule has 0 saturated heterocycles. The smallest absolute Gasteiger partial charge is 0.119 e. The fraction of sp³-hybridized carbons (Fsp3) is 0.556. The Morgan fingerprint density at radius 3 is 1.93 bits per heavy atom. The van der Waals surface area contributed by atoms with Gasteiger partial charge in [0, 0.05) is 0 Å². The van der Waals surface area contributed by atoms with Crippen molar-refractivity contribution in [1.29, 1.82) is 0 Å². The Labute approximate surface area is 172 Å². The molecule has 0 spiro atoms. The number of benzene rings is 2. The molecule has 3 rings (SSSR count). The third-order valence-electron chi connectivity index (χ3n) is 6.40. The quantitative estimate of drug-likeness (QED) is 0.377. The monoisotopic (exact) mass is 378 g/mol. The summed E-state index contributed by atoms with van der Waals surface area (Å²) in [4.78, 5) is 0. The molecule has 0 atom stereocenters. The molecule has 1 nitrogen and oxygen atoms in total. The van der Waals surface area contributed by atoms with Gasteiger partial charge >= 0.3 is 0 Å². The lowest BCUT2D eigenvalue weighted by molar-refractivity contribution is 0.304. The van der Waals surface area contributed by atoms with Gasteiger partial charge in [0.05, 0.1) is 6.61 Å². The summed E-state index contributed by atoms with van der Waals surface area (Å²) in [5.41, 5.74) is 4.11. The van der Waals surface area contributed by atoms with E-state index in [1.807, 2.05) is 0 Å². The van der Waals surface area contributed by atoms with Gasteiger partial charge in [-0.2, -0.15) is 0 Å². The second-order valence-corrected chi connectivity index (χ2v) is 8.56. The van der Waals surface area contributed by atoms with E-state index in [1.54, 1.807) is 0 Å². The molecule has 1 aliphatic rings. The van der Waals surface area contributed by atoms with Crippen LogP contribution in [0.15, 0.2) is 48.5 Å². The van der Waals surface area contributed by atoms with Crippen molar-refractivity contribution >= 4 is 0 Å². The lowest BCUT2D eigenvalue weighted by Crippen LogP contribution is -2.13. The summed E-state index contributed by atoms with van der Waals surface area (Å²) < 4.78 is 5.83. The van der Waals surface area contributed by atoms with Crippen molar-refractivity contribution in [2.75, 3.05) is 6.61 Å². The maximum atomic E-state index is 5.83. The first kappa shape index (κ1) is 21.0. The molecule has 0 unspecified atom stereocenters. The third-order valence-corrected chi connectivity index (χ3v) is 6.40. The van der Waals surface area contributed by atoms with Gasteiger partial charge in [0.2, 0.25) is 0 Å². The average molecular weight is 379 g/mol. The largest absolute Gasteiger partial charge is 0.494 e. The van der Waals surface area contributed by atoms with Crippen LogP contribution in [0.1, 0.15) is 89.5 Å². The van der Waals surface area contributed by atoms with Gasteiger partial charge in [0.15, 0.2) is 0 Å². The van der Waals surface area contributed by atoms with Crippen LogP contribution in [-0.2, 0) is 0 Å². The number of hydrogen-bond donors (Lipinski definition) is 0. The Hall–Kier alpha value is -1.76. The Morgan fingerprint density at radius 1 is 0.714 bits per heavy atom. The molecule has 0 bridgehead atoms. The van der Waals surface area contributed by atoms with Crippen LogP contribution in [0.2, 0.25) is 0 Å². The van der Waals surface area contributed by atoms with Gasteiger partial charge in [-0.3, -0.25) is 0 Å². The van der Waals surface area contributed by atoms with Crippen LogP contribution in [0.5, 0.6) is 5.75 Å². The molecule has 0 radical (unpaired) electrons. The highest BCUT2D eigenvalue weighted by molar-refractivity contribution is 5.64. The van der Waals surface area contributed by atoms with Crippen molar-refractivity contribution in [2.45, 2.75) is 84.0 Å². The lowest BCUT2D eigenvalue weighted by atomic mass is 9.77. The van der Waals surface area contributed by atoms with Gasteiger partial charge in [0.1, 0.15) is 5.75 Å². The average Bonchev–Trinajstić information content (AvgIpc) is 2.76. The zero-order valence-electron chi connectivity index (χ0n) is 18.0. The first-order valence-corrected chi connectivity index (χ1v) is 11.6. The van der Waals surface area contributed by atoms with E-state index in [0.717, 1.165) is 30.6 Å². The third kappa shape index (κ3) is 6.12. The standard InChI is InChI=1S/C27H38O/c1-3-5-7-21-28-27-19-17-26(18-20-27)25-15-13-24(14-16-25)23-11-9-22(10-12-23)8-6-4-2/h13-20,22-23H,3-12,21H2,1-2H3. The SMILES string of the molecule is CCCCCOc1ccc(-c2ccc(C3CCC(CCCC)CC3)cc2)cc1. The molecule has 1 aliphatic carbocycles. The van der Waals surface area contributed by atoms with E-state index in [9.17, 15) is 0 Å². The molecular formula is C27H38O. The summed E-state index contributed by atoms with van der Waals surface area (Å²) in [5, 5.41) is 0. The maximum Gasteiger partial charge on any atom is 0.119 e. The Morgan fingerprint density at radius 2 is 1.32 bits per heavy atom. The number of unbranched alkanes of at least 4 members (excludes halogenated alkanes) is 3. The zero-order valence-corrected chi connectivity index (χ0v) is 18.0. The van der Waals surface area contributed by atoms with Crippen molar-refractivity contribution in [3.05, 3.63) is 54.1 Å². The van der Waals surface area contributed by atoms with Gasteiger partial charge in [-0.1, -0.05) is 82.3 Å². The predicted octanol–water partition coefficient (Wildman–Crippen LogP) is 8.39. The molecule has 2 aromatic rings. The van der Waals surface area contributed by atoms with Gasteiger partial charge in [-0.25, -0.2) is 0 Å². The van der Waals surface area contributed by atoms with Crippen LogP contribution in [0.25, 0.3) is 11.1 Å². The number of rotatable bonds is 10. The minimum absolute atomic E-state index is 0.769. The van der Waals surface area contributed by atoms with Crippen LogP contribution in [0.3, 0.4) is 0 Å². The van der Waals surface area contributed by atoms with E-state index in [2.05, 4.69) is 62.4 Å². The molecule has 2 aromatic carbocycles. The summed E-state index contributed by atoms with van der Waals surface area (Å²) in [6.07, 6.45) is 13.4. The van der Waals surface area contributed by atoms with Crippen molar-refractivity contribution < 1.29 is 4.74 Å². The molecule has 1 fully saturated rings. The summed E-state index contributed by atoms with van der Waals surface area (Å²) in [6, 6.07) is 17.9. The van der Waals surface area contributed by atoms with Crippen LogP contribution in [-0.4, -0.2) is 6.61 Å². The molecule has 0 N–H and O–H groups in total. The second kappa shape index (κ2) is 11.3. The summed E-state index contributed by atoms with van der Waals surface area (Å²) in [7, 11) is 0. The normalized spacial score (nSPS) is 19.5. The van der Waals surface area contributed by atoms with Crippen LogP contribution in [0, 0.1) is 5.92 Å². The molecule has 1 saturated carbocycles. The van der Waals surface area contributed by atoms with Gasteiger partial charge < -0.3 is 4.74 Å². The molecule has 1 heteroatoms. The highest BCUT2D eigenvalue weighted by Gasteiger charge is 2.21. The van der Waals surface area contributed by atoms with Crippen molar-refractivity contribution in [3.8, 4) is 16.9 Å². The predicted molar refractivity (Wildman–Crippen MR) is 121 cm³/mol. The Bertz CT molecular complexity index is 662. The summed E-state index contributed by atoms with van der Waals surface area (Å²) >= 11 is 0. The number of hydrogen-bond acceptors (Lipinski definition) is 1. The maximum absolute atomic E-state index is 5.83. The molecule has 0 aliphatic heterocycles. The van der Waals surface area contributed by atoms with Gasteiger partial charge in [0.25, 0.3) is 0 Å². The van der Waals surface area contributed by atoms with E-state index in [4.69, 9.17) is 4.74 Å². The van der Waals surface area contributed by atoms with Crippen LogP contribution >= 0.6 is 0 Å². The first-order valence-electron chi connectivity index (χ1n) is 11.6.